The van der Waals surface area contributed by atoms with E-state index in [9.17, 15) is 0 Å². The highest BCUT2D eigenvalue weighted by molar-refractivity contribution is 7.97. The Kier molecular flexibility index (Phi) is 4.87. The van der Waals surface area contributed by atoms with Gasteiger partial charge >= 0.3 is 0 Å². The number of rotatable bonds is 4. The zero-order chi connectivity index (χ0) is 14.5. The van der Waals surface area contributed by atoms with Crippen molar-refractivity contribution < 1.29 is 0 Å². The summed E-state index contributed by atoms with van der Waals surface area (Å²) in [6.45, 7) is 6.37. The van der Waals surface area contributed by atoms with E-state index >= 15 is 0 Å². The first-order valence-corrected chi connectivity index (χ1v) is 7.88. The number of hydrogen-bond donors (Lipinski definition) is 0. The zero-order valence-electron chi connectivity index (χ0n) is 12.2. The Morgan fingerprint density at radius 1 is 0.950 bits per heavy atom. The summed E-state index contributed by atoms with van der Waals surface area (Å²) in [5.74, 6) is 2.02. The third kappa shape index (κ3) is 3.88. The summed E-state index contributed by atoms with van der Waals surface area (Å²) in [6.07, 6.45) is 0. The molecule has 0 aliphatic heterocycles. The van der Waals surface area contributed by atoms with Crippen molar-refractivity contribution in [2.45, 2.75) is 32.3 Å². The summed E-state index contributed by atoms with van der Waals surface area (Å²) >= 11 is 1.92. The molecule has 1 nitrogen and oxygen atoms in total. The topological polar surface area (TPSA) is 23.8 Å². The van der Waals surface area contributed by atoms with Crippen LogP contribution < -0.4 is 0 Å². The Balaban J connectivity index is 1.98. The molecule has 2 rings (SSSR count). The fourth-order valence-electron chi connectivity index (χ4n) is 2.36. The average Bonchev–Trinajstić information content (AvgIpc) is 2.39. The molecule has 0 radical (unpaired) electrons. The second kappa shape index (κ2) is 6.63. The maximum atomic E-state index is 8.87. The largest absolute Gasteiger partial charge is 0.192 e. The van der Waals surface area contributed by atoms with Gasteiger partial charge in [-0.1, -0.05) is 35.4 Å². The van der Waals surface area contributed by atoms with Crippen LogP contribution in [0, 0.1) is 32.1 Å². The molecule has 0 bridgehead atoms. The van der Waals surface area contributed by atoms with Crippen molar-refractivity contribution in [1.82, 2.24) is 0 Å². The van der Waals surface area contributed by atoms with Gasteiger partial charge in [0.15, 0.2) is 0 Å². The molecule has 0 heterocycles. The Hall–Kier alpha value is -1.72. The molecule has 20 heavy (non-hydrogen) atoms. The quantitative estimate of drug-likeness (QED) is 0.794. The van der Waals surface area contributed by atoms with E-state index in [1.807, 2.05) is 23.9 Å². The van der Waals surface area contributed by atoms with Crippen molar-refractivity contribution >= 4 is 11.8 Å². The Morgan fingerprint density at radius 3 is 2.25 bits per heavy atom. The Morgan fingerprint density at radius 2 is 1.65 bits per heavy atom. The first-order valence-electron chi connectivity index (χ1n) is 6.73. The highest BCUT2D eigenvalue weighted by Crippen LogP contribution is 2.22. The molecule has 2 aromatic rings. The van der Waals surface area contributed by atoms with Gasteiger partial charge in [-0.05, 0) is 49.6 Å². The zero-order valence-corrected chi connectivity index (χ0v) is 13.1. The molecule has 0 unspecified atom stereocenters. The van der Waals surface area contributed by atoms with Crippen LogP contribution in [0.4, 0.5) is 0 Å². The molecule has 2 heteroatoms. The van der Waals surface area contributed by atoms with Gasteiger partial charge in [0.2, 0.25) is 0 Å². The van der Waals surface area contributed by atoms with E-state index in [-0.39, 0.29) is 0 Å². The van der Waals surface area contributed by atoms with Gasteiger partial charge in [0.05, 0.1) is 11.6 Å². The van der Waals surface area contributed by atoms with E-state index in [2.05, 4.69) is 51.1 Å². The van der Waals surface area contributed by atoms with Crippen molar-refractivity contribution in [3.8, 4) is 6.07 Å². The summed E-state index contributed by atoms with van der Waals surface area (Å²) in [7, 11) is 0. The summed E-state index contributed by atoms with van der Waals surface area (Å²) < 4.78 is 0. The maximum absolute atomic E-state index is 8.87. The van der Waals surface area contributed by atoms with Crippen LogP contribution in [0.5, 0.6) is 0 Å². The van der Waals surface area contributed by atoms with Crippen LogP contribution in [0.25, 0.3) is 0 Å². The summed E-state index contributed by atoms with van der Waals surface area (Å²) in [4.78, 5) is 0. The van der Waals surface area contributed by atoms with Crippen LogP contribution in [-0.4, -0.2) is 0 Å². The van der Waals surface area contributed by atoms with E-state index in [1.54, 1.807) is 0 Å². The van der Waals surface area contributed by atoms with E-state index in [1.165, 1.54) is 27.8 Å². The summed E-state index contributed by atoms with van der Waals surface area (Å²) in [5, 5.41) is 8.87. The van der Waals surface area contributed by atoms with Crippen molar-refractivity contribution in [2.24, 2.45) is 0 Å². The molecule has 0 N–H and O–H groups in total. The van der Waals surface area contributed by atoms with Gasteiger partial charge in [-0.15, -0.1) is 0 Å². The molecule has 0 aliphatic rings. The lowest BCUT2D eigenvalue weighted by molar-refractivity contribution is 1.27. The number of thioether (sulfide) groups is 1. The minimum Gasteiger partial charge on any atom is -0.192 e. The minimum atomic E-state index is 0.741. The van der Waals surface area contributed by atoms with Gasteiger partial charge in [-0.3, -0.25) is 0 Å². The maximum Gasteiger partial charge on any atom is 0.0991 e. The second-order valence-electron chi connectivity index (χ2n) is 5.24. The van der Waals surface area contributed by atoms with E-state index < -0.39 is 0 Å². The van der Waals surface area contributed by atoms with Gasteiger partial charge in [-0.25, -0.2) is 0 Å². The highest BCUT2D eigenvalue weighted by Gasteiger charge is 2.02. The minimum absolute atomic E-state index is 0.741. The molecular weight excluding hydrogens is 262 g/mol. The molecule has 0 atom stereocenters. The second-order valence-corrected chi connectivity index (χ2v) is 6.23. The predicted molar refractivity (Wildman–Crippen MR) is 86.8 cm³/mol. The monoisotopic (exact) mass is 281 g/mol. The molecule has 0 fully saturated rings. The molecule has 0 spiro atoms. The van der Waals surface area contributed by atoms with Gasteiger partial charge in [0, 0.05) is 11.5 Å². The van der Waals surface area contributed by atoms with Crippen molar-refractivity contribution in [3.05, 3.63) is 69.8 Å². The predicted octanol–water partition coefficient (Wildman–Crippen LogP) is 4.92. The van der Waals surface area contributed by atoms with Gasteiger partial charge < -0.3 is 0 Å². The summed E-state index contributed by atoms with van der Waals surface area (Å²) in [5.41, 5.74) is 7.31. The van der Waals surface area contributed by atoms with Crippen LogP contribution >= 0.6 is 11.8 Å². The van der Waals surface area contributed by atoms with Crippen molar-refractivity contribution in [1.29, 1.82) is 5.26 Å². The fourth-order valence-corrected chi connectivity index (χ4v) is 3.41. The smallest absolute Gasteiger partial charge is 0.0991 e. The molecule has 0 aromatic heterocycles. The van der Waals surface area contributed by atoms with Crippen LogP contribution in [-0.2, 0) is 11.5 Å². The molecule has 102 valence electrons. The molecule has 0 amide bonds. The molecule has 0 saturated heterocycles. The standard InChI is InChI=1S/C18H19NS/c1-13-6-14(2)8-17(7-13)11-20-12-18-5-4-16(10-19)9-15(18)3/h4-9H,11-12H2,1-3H3. The number of benzene rings is 2. The number of hydrogen-bond acceptors (Lipinski definition) is 2. The Bertz CT molecular complexity index is 633. The van der Waals surface area contributed by atoms with E-state index in [4.69, 9.17) is 5.26 Å². The Labute approximate surface area is 125 Å². The average molecular weight is 281 g/mol. The fraction of sp³-hybridized carbons (Fsp3) is 0.278. The summed E-state index contributed by atoms with van der Waals surface area (Å²) in [6, 6.07) is 14.8. The SMILES string of the molecule is Cc1cc(C)cc(CSCc2ccc(C#N)cc2C)c1. The number of nitrogens with zero attached hydrogens (tertiary/aromatic N) is 1. The third-order valence-electron chi connectivity index (χ3n) is 3.28. The molecule has 2 aromatic carbocycles. The highest BCUT2D eigenvalue weighted by atomic mass is 32.2. The molecule has 0 saturated carbocycles. The van der Waals surface area contributed by atoms with Crippen molar-refractivity contribution in [2.75, 3.05) is 0 Å². The lowest BCUT2D eigenvalue weighted by Gasteiger charge is -2.07. The molecular formula is C18H19NS. The number of aryl methyl sites for hydroxylation is 3. The van der Waals surface area contributed by atoms with E-state index in [0.29, 0.717) is 0 Å². The van der Waals surface area contributed by atoms with Gasteiger partial charge in [0.1, 0.15) is 0 Å². The van der Waals surface area contributed by atoms with Crippen LogP contribution in [0.15, 0.2) is 36.4 Å². The van der Waals surface area contributed by atoms with Crippen LogP contribution in [0.2, 0.25) is 0 Å². The third-order valence-corrected chi connectivity index (χ3v) is 4.33. The van der Waals surface area contributed by atoms with Crippen LogP contribution in [0.1, 0.15) is 33.4 Å². The van der Waals surface area contributed by atoms with E-state index in [0.717, 1.165) is 17.1 Å². The lowest BCUT2D eigenvalue weighted by atomic mass is 10.1. The lowest BCUT2D eigenvalue weighted by Crippen LogP contribution is -1.90. The first-order chi connectivity index (χ1) is 9.58. The van der Waals surface area contributed by atoms with Gasteiger partial charge in [0.25, 0.3) is 0 Å². The molecule has 0 aliphatic carbocycles. The van der Waals surface area contributed by atoms with Crippen LogP contribution in [0.3, 0.4) is 0 Å². The number of nitriles is 1. The normalized spacial score (nSPS) is 10.3. The van der Waals surface area contributed by atoms with Crippen molar-refractivity contribution in [3.63, 3.8) is 0 Å². The first kappa shape index (κ1) is 14.7. The van der Waals surface area contributed by atoms with Gasteiger partial charge in [-0.2, -0.15) is 17.0 Å².